The molecule has 3 nitrogen and oxygen atoms in total. The molecule has 1 aromatic carbocycles. The van der Waals surface area contributed by atoms with Gasteiger partial charge in [-0.2, -0.15) is 0 Å². The van der Waals surface area contributed by atoms with Crippen molar-refractivity contribution in [3.8, 4) is 0 Å². The van der Waals surface area contributed by atoms with Crippen molar-refractivity contribution >= 4 is 11.6 Å². The second kappa shape index (κ2) is 7.25. The zero-order chi connectivity index (χ0) is 13.7. The maximum Gasteiger partial charge on any atom is 0.0558 e. The minimum Gasteiger partial charge on any atom is -0.395 e. The van der Waals surface area contributed by atoms with Gasteiger partial charge in [0.1, 0.15) is 0 Å². The molecule has 0 bridgehead atoms. The Morgan fingerprint density at radius 1 is 1.42 bits per heavy atom. The molecule has 2 rings (SSSR count). The number of benzene rings is 1. The molecule has 1 saturated carbocycles. The van der Waals surface area contributed by atoms with Crippen LogP contribution in [-0.4, -0.2) is 42.8 Å². The normalized spacial score (nSPS) is 16.8. The van der Waals surface area contributed by atoms with Crippen molar-refractivity contribution in [2.24, 2.45) is 0 Å². The molecule has 4 heteroatoms. The molecule has 1 aromatic rings. The van der Waals surface area contributed by atoms with E-state index in [0.717, 1.165) is 24.5 Å². The van der Waals surface area contributed by atoms with E-state index in [2.05, 4.69) is 16.3 Å². The minimum atomic E-state index is 0.248. The first-order valence-electron chi connectivity index (χ1n) is 7.02. The van der Waals surface area contributed by atoms with Crippen LogP contribution in [-0.2, 0) is 0 Å². The third-order valence-electron chi connectivity index (χ3n) is 3.75. The molecule has 0 heterocycles. The lowest BCUT2D eigenvalue weighted by molar-refractivity contribution is 0.183. The summed E-state index contributed by atoms with van der Waals surface area (Å²) >= 11 is 6.05. The molecule has 1 aliphatic carbocycles. The van der Waals surface area contributed by atoms with E-state index in [1.54, 1.807) is 0 Å². The summed E-state index contributed by atoms with van der Waals surface area (Å²) in [5, 5.41) is 13.3. The fourth-order valence-electron chi connectivity index (χ4n) is 2.54. The van der Waals surface area contributed by atoms with Gasteiger partial charge in [-0.05, 0) is 44.0 Å². The van der Waals surface area contributed by atoms with E-state index in [1.165, 1.54) is 18.4 Å². The van der Waals surface area contributed by atoms with E-state index < -0.39 is 0 Å². The van der Waals surface area contributed by atoms with Crippen LogP contribution >= 0.6 is 11.6 Å². The van der Waals surface area contributed by atoms with Gasteiger partial charge < -0.3 is 10.4 Å². The van der Waals surface area contributed by atoms with Gasteiger partial charge in [0.05, 0.1) is 6.61 Å². The molecular weight excluding hydrogens is 260 g/mol. The van der Waals surface area contributed by atoms with Crippen molar-refractivity contribution in [3.05, 3.63) is 34.9 Å². The van der Waals surface area contributed by atoms with Gasteiger partial charge in [-0.1, -0.05) is 23.7 Å². The Morgan fingerprint density at radius 3 is 2.79 bits per heavy atom. The molecule has 0 saturated heterocycles. The molecule has 1 fully saturated rings. The first kappa shape index (κ1) is 14.8. The van der Waals surface area contributed by atoms with Crippen LogP contribution in [0.3, 0.4) is 0 Å². The quantitative estimate of drug-likeness (QED) is 0.769. The van der Waals surface area contributed by atoms with E-state index in [4.69, 9.17) is 16.7 Å². The Kier molecular flexibility index (Phi) is 5.64. The highest BCUT2D eigenvalue weighted by molar-refractivity contribution is 6.30. The van der Waals surface area contributed by atoms with Crippen LogP contribution in [0.1, 0.15) is 30.9 Å². The van der Waals surface area contributed by atoms with E-state index in [9.17, 15) is 0 Å². The number of nitrogens with zero attached hydrogens (tertiary/aromatic N) is 1. The summed E-state index contributed by atoms with van der Waals surface area (Å²) in [6.45, 7) is 2.05. The van der Waals surface area contributed by atoms with Crippen molar-refractivity contribution in [1.82, 2.24) is 10.2 Å². The van der Waals surface area contributed by atoms with Crippen molar-refractivity contribution in [1.29, 1.82) is 0 Å². The SMILES string of the molecule is CNC(CCN(CCO)C1CC1)c1cccc(Cl)c1. The molecular formula is C15H23ClN2O. The molecule has 0 amide bonds. The van der Waals surface area contributed by atoms with Crippen LogP contribution < -0.4 is 5.32 Å². The van der Waals surface area contributed by atoms with Gasteiger partial charge in [-0.25, -0.2) is 0 Å². The summed E-state index contributed by atoms with van der Waals surface area (Å²) in [6.07, 6.45) is 3.59. The average molecular weight is 283 g/mol. The maximum absolute atomic E-state index is 9.11. The van der Waals surface area contributed by atoms with Gasteiger partial charge in [0.2, 0.25) is 0 Å². The zero-order valence-corrected chi connectivity index (χ0v) is 12.2. The van der Waals surface area contributed by atoms with Crippen molar-refractivity contribution in [3.63, 3.8) is 0 Å². The number of halogens is 1. The number of aliphatic hydroxyl groups excluding tert-OH is 1. The van der Waals surface area contributed by atoms with Gasteiger partial charge >= 0.3 is 0 Å². The Hall–Kier alpha value is -0.610. The molecule has 2 N–H and O–H groups in total. The summed E-state index contributed by atoms with van der Waals surface area (Å²) < 4.78 is 0. The number of hydrogen-bond donors (Lipinski definition) is 2. The average Bonchev–Trinajstić information content (AvgIpc) is 3.22. The van der Waals surface area contributed by atoms with Crippen molar-refractivity contribution < 1.29 is 5.11 Å². The highest BCUT2D eigenvalue weighted by Gasteiger charge is 2.28. The number of aliphatic hydroxyl groups is 1. The molecule has 1 unspecified atom stereocenters. The summed E-state index contributed by atoms with van der Waals surface area (Å²) in [5.74, 6) is 0. The first-order chi connectivity index (χ1) is 9.24. The third-order valence-corrected chi connectivity index (χ3v) is 3.99. The standard InChI is InChI=1S/C15H23ClN2O/c1-17-15(12-3-2-4-13(16)11-12)7-8-18(9-10-19)14-5-6-14/h2-4,11,14-15,17,19H,5-10H2,1H3. The maximum atomic E-state index is 9.11. The van der Waals surface area contributed by atoms with Crippen LogP contribution in [0, 0.1) is 0 Å². The summed E-state index contributed by atoms with van der Waals surface area (Å²) in [7, 11) is 1.99. The summed E-state index contributed by atoms with van der Waals surface area (Å²) in [5.41, 5.74) is 1.23. The van der Waals surface area contributed by atoms with Gasteiger partial charge in [-0.15, -0.1) is 0 Å². The lowest BCUT2D eigenvalue weighted by atomic mass is 10.0. The van der Waals surface area contributed by atoms with Crippen LogP contribution in [0.5, 0.6) is 0 Å². The smallest absolute Gasteiger partial charge is 0.0558 e. The van der Waals surface area contributed by atoms with E-state index in [1.807, 2.05) is 25.2 Å². The van der Waals surface area contributed by atoms with Crippen LogP contribution in [0.4, 0.5) is 0 Å². The predicted molar refractivity (Wildman–Crippen MR) is 79.6 cm³/mol. The van der Waals surface area contributed by atoms with E-state index in [0.29, 0.717) is 12.1 Å². The highest BCUT2D eigenvalue weighted by Crippen LogP contribution is 2.28. The molecule has 0 aliphatic heterocycles. The molecule has 1 atom stereocenters. The highest BCUT2D eigenvalue weighted by atomic mass is 35.5. The van der Waals surface area contributed by atoms with E-state index in [-0.39, 0.29) is 6.61 Å². The Labute approximate surface area is 120 Å². The Balaban J connectivity index is 1.91. The van der Waals surface area contributed by atoms with Crippen LogP contribution in [0.2, 0.25) is 5.02 Å². The molecule has 0 radical (unpaired) electrons. The van der Waals surface area contributed by atoms with Gasteiger partial charge in [0.25, 0.3) is 0 Å². The lowest BCUT2D eigenvalue weighted by Crippen LogP contribution is -2.32. The largest absolute Gasteiger partial charge is 0.395 e. The Bertz CT molecular complexity index is 395. The lowest BCUT2D eigenvalue weighted by Gasteiger charge is -2.24. The van der Waals surface area contributed by atoms with Gasteiger partial charge in [0, 0.05) is 30.2 Å². The summed E-state index contributed by atoms with van der Waals surface area (Å²) in [6, 6.07) is 9.05. The van der Waals surface area contributed by atoms with Crippen LogP contribution in [0.25, 0.3) is 0 Å². The van der Waals surface area contributed by atoms with Crippen molar-refractivity contribution in [2.45, 2.75) is 31.3 Å². The summed E-state index contributed by atoms with van der Waals surface area (Å²) in [4.78, 5) is 2.40. The number of nitrogens with one attached hydrogen (secondary N) is 1. The third kappa shape index (κ3) is 4.46. The van der Waals surface area contributed by atoms with Gasteiger partial charge in [0.15, 0.2) is 0 Å². The van der Waals surface area contributed by atoms with E-state index >= 15 is 0 Å². The fourth-order valence-corrected chi connectivity index (χ4v) is 2.74. The molecule has 106 valence electrons. The second-order valence-corrected chi connectivity index (χ2v) is 5.61. The topological polar surface area (TPSA) is 35.5 Å². The molecule has 1 aliphatic rings. The fraction of sp³-hybridized carbons (Fsp3) is 0.600. The van der Waals surface area contributed by atoms with Crippen LogP contribution in [0.15, 0.2) is 24.3 Å². The molecule has 0 aromatic heterocycles. The second-order valence-electron chi connectivity index (χ2n) is 5.18. The molecule has 0 spiro atoms. The molecule has 19 heavy (non-hydrogen) atoms. The number of hydrogen-bond acceptors (Lipinski definition) is 3. The van der Waals surface area contributed by atoms with Gasteiger partial charge in [-0.3, -0.25) is 4.90 Å². The monoisotopic (exact) mass is 282 g/mol. The zero-order valence-electron chi connectivity index (χ0n) is 11.5. The first-order valence-corrected chi connectivity index (χ1v) is 7.40. The predicted octanol–water partition coefficient (Wildman–Crippen LogP) is 2.45. The Morgan fingerprint density at radius 2 is 2.21 bits per heavy atom. The number of rotatable bonds is 8. The van der Waals surface area contributed by atoms with Crippen molar-refractivity contribution in [2.75, 3.05) is 26.7 Å². The minimum absolute atomic E-state index is 0.248.